The van der Waals surface area contributed by atoms with E-state index in [1.807, 2.05) is 19.1 Å². The quantitative estimate of drug-likeness (QED) is 0.760. The van der Waals surface area contributed by atoms with Crippen molar-refractivity contribution < 1.29 is 18.7 Å². The van der Waals surface area contributed by atoms with Crippen LogP contribution in [0.1, 0.15) is 22.8 Å². The van der Waals surface area contributed by atoms with Gasteiger partial charge in [-0.05, 0) is 48.4 Å². The molecule has 1 aliphatic heterocycles. The minimum absolute atomic E-state index is 0.202. The number of hydrogen-bond donors (Lipinski definition) is 0. The van der Waals surface area contributed by atoms with Crippen LogP contribution in [0, 0.1) is 5.82 Å². The van der Waals surface area contributed by atoms with Crippen LogP contribution in [0.4, 0.5) is 10.1 Å². The number of benzene rings is 2. The number of aryl methyl sites for hydroxylation is 1. The van der Waals surface area contributed by atoms with E-state index >= 15 is 0 Å². The second-order valence-corrected chi connectivity index (χ2v) is 6.47. The van der Waals surface area contributed by atoms with Gasteiger partial charge < -0.3 is 14.5 Å². The van der Waals surface area contributed by atoms with Crippen molar-refractivity contribution in [3.8, 4) is 0 Å². The van der Waals surface area contributed by atoms with Gasteiger partial charge in [0.1, 0.15) is 5.82 Å². The van der Waals surface area contributed by atoms with Gasteiger partial charge in [-0.25, -0.2) is 9.18 Å². The summed E-state index contributed by atoms with van der Waals surface area (Å²) in [5.41, 5.74) is 2.52. The molecule has 0 aliphatic carbocycles. The van der Waals surface area contributed by atoms with Gasteiger partial charge >= 0.3 is 5.97 Å². The smallest absolute Gasteiger partial charge is 0.338 e. The molecule has 0 atom stereocenters. The maximum Gasteiger partial charge on any atom is 0.338 e. The minimum atomic E-state index is -0.490. The molecule has 142 valence electrons. The summed E-state index contributed by atoms with van der Waals surface area (Å²) >= 11 is 0. The van der Waals surface area contributed by atoms with Gasteiger partial charge in [0.2, 0.25) is 0 Å². The van der Waals surface area contributed by atoms with Gasteiger partial charge in [0, 0.05) is 31.9 Å². The molecule has 1 fully saturated rings. The average molecular weight is 370 g/mol. The van der Waals surface area contributed by atoms with Crippen LogP contribution in [0.2, 0.25) is 0 Å². The highest BCUT2D eigenvalue weighted by Gasteiger charge is 2.22. The number of carbonyl (C=O) groups is 2. The molecule has 0 radical (unpaired) electrons. The lowest BCUT2D eigenvalue weighted by molar-refractivity contribution is -0.134. The van der Waals surface area contributed by atoms with E-state index in [0.29, 0.717) is 31.7 Å². The van der Waals surface area contributed by atoms with Crippen molar-refractivity contribution in [2.24, 2.45) is 0 Å². The Kier molecular flexibility index (Phi) is 6.06. The first-order valence-electron chi connectivity index (χ1n) is 9.11. The molecule has 0 saturated carbocycles. The SMILES string of the molecule is CCc1ccc(C(=O)OCC(=O)N2CCN(c3ccc(F)cc3)CC2)cc1. The van der Waals surface area contributed by atoms with Crippen molar-refractivity contribution >= 4 is 17.6 Å². The van der Waals surface area contributed by atoms with Crippen molar-refractivity contribution in [3.05, 3.63) is 65.5 Å². The molecule has 1 heterocycles. The standard InChI is InChI=1S/C21H23FN2O3/c1-2-16-3-5-17(6-4-16)21(26)27-15-20(25)24-13-11-23(12-14-24)19-9-7-18(22)8-10-19/h3-10H,2,11-15H2,1H3. The van der Waals surface area contributed by atoms with E-state index in [1.54, 1.807) is 29.2 Å². The summed E-state index contributed by atoms with van der Waals surface area (Å²) in [5, 5.41) is 0. The van der Waals surface area contributed by atoms with Crippen LogP contribution in [0.25, 0.3) is 0 Å². The molecule has 0 unspecified atom stereocenters. The van der Waals surface area contributed by atoms with E-state index < -0.39 is 5.97 Å². The lowest BCUT2D eigenvalue weighted by Crippen LogP contribution is -2.49. The van der Waals surface area contributed by atoms with Gasteiger partial charge in [-0.15, -0.1) is 0 Å². The molecule has 2 aromatic carbocycles. The van der Waals surface area contributed by atoms with Gasteiger partial charge in [0.15, 0.2) is 6.61 Å². The molecule has 27 heavy (non-hydrogen) atoms. The van der Waals surface area contributed by atoms with E-state index in [1.165, 1.54) is 12.1 Å². The third-order valence-electron chi connectivity index (χ3n) is 4.75. The Hall–Kier alpha value is -2.89. The highest BCUT2D eigenvalue weighted by Crippen LogP contribution is 2.17. The molecule has 2 aromatic rings. The van der Waals surface area contributed by atoms with Crippen LogP contribution in [0.3, 0.4) is 0 Å². The Bertz CT molecular complexity index is 782. The average Bonchev–Trinajstić information content (AvgIpc) is 2.72. The first-order chi connectivity index (χ1) is 13.1. The number of esters is 1. The summed E-state index contributed by atoms with van der Waals surface area (Å²) < 4.78 is 18.2. The number of piperazine rings is 1. The molecule has 0 aromatic heterocycles. The molecular weight excluding hydrogens is 347 g/mol. The highest BCUT2D eigenvalue weighted by molar-refractivity contribution is 5.91. The predicted molar refractivity (Wildman–Crippen MR) is 101 cm³/mol. The molecular formula is C21H23FN2O3. The van der Waals surface area contributed by atoms with Crippen LogP contribution >= 0.6 is 0 Å². The van der Waals surface area contributed by atoms with Gasteiger partial charge in [-0.3, -0.25) is 4.79 Å². The normalized spacial score (nSPS) is 14.1. The van der Waals surface area contributed by atoms with Crippen molar-refractivity contribution in [2.45, 2.75) is 13.3 Å². The summed E-state index contributed by atoms with van der Waals surface area (Å²) in [7, 11) is 0. The minimum Gasteiger partial charge on any atom is -0.452 e. The molecule has 5 nitrogen and oxygen atoms in total. The zero-order valence-electron chi connectivity index (χ0n) is 15.4. The van der Waals surface area contributed by atoms with Gasteiger partial charge in [0.25, 0.3) is 5.91 Å². The summed E-state index contributed by atoms with van der Waals surface area (Å²) in [6, 6.07) is 13.5. The topological polar surface area (TPSA) is 49.9 Å². The Balaban J connectivity index is 1.46. The predicted octanol–water partition coefficient (Wildman–Crippen LogP) is 2.89. The molecule has 1 amide bonds. The lowest BCUT2D eigenvalue weighted by atomic mass is 10.1. The summed E-state index contributed by atoms with van der Waals surface area (Å²) in [4.78, 5) is 28.2. The zero-order chi connectivity index (χ0) is 19.2. The molecule has 1 aliphatic rings. The number of amides is 1. The maximum atomic E-state index is 13.0. The molecule has 0 spiro atoms. The first kappa shape index (κ1) is 18.9. The van der Waals surface area contributed by atoms with Crippen molar-refractivity contribution in [2.75, 3.05) is 37.7 Å². The largest absolute Gasteiger partial charge is 0.452 e. The fourth-order valence-electron chi connectivity index (χ4n) is 3.04. The summed E-state index contributed by atoms with van der Waals surface area (Å²) in [6.45, 7) is 4.18. The number of rotatable bonds is 5. The fourth-order valence-corrected chi connectivity index (χ4v) is 3.04. The number of hydrogen-bond acceptors (Lipinski definition) is 4. The van der Waals surface area contributed by atoms with Crippen LogP contribution in [-0.4, -0.2) is 49.6 Å². The van der Waals surface area contributed by atoms with E-state index in [-0.39, 0.29) is 18.3 Å². The van der Waals surface area contributed by atoms with E-state index in [2.05, 4.69) is 4.90 Å². The number of ether oxygens (including phenoxy) is 1. The summed E-state index contributed by atoms with van der Waals surface area (Å²) in [5.74, 6) is -0.957. The maximum absolute atomic E-state index is 13.0. The monoisotopic (exact) mass is 370 g/mol. The third kappa shape index (κ3) is 4.84. The van der Waals surface area contributed by atoms with Crippen molar-refractivity contribution in [1.82, 2.24) is 4.90 Å². The van der Waals surface area contributed by atoms with Gasteiger partial charge in [0.05, 0.1) is 5.56 Å². The van der Waals surface area contributed by atoms with Crippen LogP contribution in [-0.2, 0) is 16.0 Å². The fraction of sp³-hybridized carbons (Fsp3) is 0.333. The van der Waals surface area contributed by atoms with Gasteiger partial charge in [-0.2, -0.15) is 0 Å². The van der Waals surface area contributed by atoms with E-state index in [0.717, 1.165) is 17.7 Å². The molecule has 0 bridgehead atoms. The number of carbonyl (C=O) groups excluding carboxylic acids is 2. The van der Waals surface area contributed by atoms with Crippen LogP contribution in [0.15, 0.2) is 48.5 Å². The number of anilines is 1. The molecule has 3 rings (SSSR count). The van der Waals surface area contributed by atoms with E-state index in [4.69, 9.17) is 4.74 Å². The number of halogens is 1. The highest BCUT2D eigenvalue weighted by atomic mass is 19.1. The Morgan fingerprint density at radius 1 is 0.963 bits per heavy atom. The molecule has 0 N–H and O–H groups in total. The van der Waals surface area contributed by atoms with Crippen LogP contribution < -0.4 is 4.90 Å². The van der Waals surface area contributed by atoms with Crippen molar-refractivity contribution in [3.63, 3.8) is 0 Å². The Morgan fingerprint density at radius 3 is 2.19 bits per heavy atom. The van der Waals surface area contributed by atoms with E-state index in [9.17, 15) is 14.0 Å². The Labute approximate surface area is 158 Å². The Morgan fingerprint density at radius 2 is 1.59 bits per heavy atom. The second kappa shape index (κ2) is 8.66. The number of nitrogens with zero attached hydrogens (tertiary/aromatic N) is 2. The molecule has 6 heteroatoms. The van der Waals surface area contributed by atoms with Crippen molar-refractivity contribution in [1.29, 1.82) is 0 Å². The first-order valence-corrected chi connectivity index (χ1v) is 9.11. The lowest BCUT2D eigenvalue weighted by Gasteiger charge is -2.36. The van der Waals surface area contributed by atoms with Gasteiger partial charge in [-0.1, -0.05) is 19.1 Å². The molecule has 1 saturated heterocycles. The zero-order valence-corrected chi connectivity index (χ0v) is 15.4. The third-order valence-corrected chi connectivity index (χ3v) is 4.75. The van der Waals surface area contributed by atoms with Crippen LogP contribution in [0.5, 0.6) is 0 Å². The second-order valence-electron chi connectivity index (χ2n) is 6.47. The summed E-state index contributed by atoms with van der Waals surface area (Å²) in [6.07, 6.45) is 0.901.